The van der Waals surface area contributed by atoms with Gasteiger partial charge in [0.25, 0.3) is 0 Å². The van der Waals surface area contributed by atoms with Gasteiger partial charge in [-0.2, -0.15) is 0 Å². The fourth-order valence-corrected chi connectivity index (χ4v) is 8.25. The number of rotatable bonds is 14. The van der Waals surface area contributed by atoms with Gasteiger partial charge in [-0.3, -0.25) is 14.5 Å². The van der Waals surface area contributed by atoms with Crippen LogP contribution in [0.1, 0.15) is 89.7 Å². The van der Waals surface area contributed by atoms with Crippen LogP contribution in [-0.2, 0) is 30.6 Å². The molecule has 12 nitrogen and oxygen atoms in total. The molecule has 2 heterocycles. The number of benzene rings is 1. The van der Waals surface area contributed by atoms with Crippen LogP contribution in [-0.4, -0.2) is 102 Å². The van der Waals surface area contributed by atoms with Gasteiger partial charge in [0.2, 0.25) is 11.8 Å². The summed E-state index contributed by atoms with van der Waals surface area (Å²) in [6.45, 7) is 11.4. The number of thiazole rings is 1. The Morgan fingerprint density at radius 2 is 1.74 bits per heavy atom. The van der Waals surface area contributed by atoms with Crippen molar-refractivity contribution in [3.05, 3.63) is 47.0 Å². The van der Waals surface area contributed by atoms with Gasteiger partial charge < -0.3 is 25.8 Å². The Bertz CT molecular complexity index is 1570. The van der Waals surface area contributed by atoms with Crippen LogP contribution < -0.4 is 16.0 Å². The lowest BCUT2D eigenvalue weighted by Gasteiger charge is -2.47. The van der Waals surface area contributed by atoms with E-state index in [0.717, 1.165) is 48.8 Å². The third-order valence-corrected chi connectivity index (χ3v) is 12.9. The monoisotopic (exact) mass is 733 g/mol. The quantitative estimate of drug-likeness (QED) is 0.210. The highest BCUT2D eigenvalue weighted by Gasteiger charge is 2.46. The number of fused-ring (bicyclic) bond motifs is 1. The number of aliphatic hydroxyl groups is 1. The summed E-state index contributed by atoms with van der Waals surface area (Å²) >= 11 is 1.05. The van der Waals surface area contributed by atoms with E-state index in [-0.39, 0.29) is 36.3 Å². The molecule has 1 aliphatic heterocycles. The number of hydrogen-bond acceptors (Lipinski definition) is 11. The Labute approximate surface area is 301 Å². The molecule has 278 valence electrons. The molecule has 2 aliphatic rings. The predicted octanol–water partition coefficient (Wildman–Crippen LogP) is 3.81. The zero-order chi connectivity index (χ0) is 36.9. The molecular weight excluding hydrogens is 679 g/mol. The number of anilines is 1. The first-order valence-corrected chi connectivity index (χ1v) is 20.3. The Morgan fingerprint density at radius 3 is 2.36 bits per heavy atom. The van der Waals surface area contributed by atoms with Crippen molar-refractivity contribution < 1.29 is 32.6 Å². The number of aromatic nitrogens is 1. The molecule has 50 heavy (non-hydrogen) atoms. The van der Waals surface area contributed by atoms with Crippen molar-refractivity contribution in [3.8, 4) is 0 Å². The van der Waals surface area contributed by atoms with Crippen LogP contribution in [0.4, 0.5) is 5.13 Å². The highest BCUT2D eigenvalue weighted by molar-refractivity contribution is 7.92. The highest BCUT2D eigenvalue weighted by atomic mass is 32.2. The van der Waals surface area contributed by atoms with E-state index in [9.17, 15) is 27.9 Å². The largest absolute Gasteiger partial charge is 0.461 e. The van der Waals surface area contributed by atoms with Gasteiger partial charge in [-0.15, -0.1) is 11.3 Å². The smallest absolute Gasteiger partial charge is 0.357 e. The minimum Gasteiger partial charge on any atom is -0.461 e. The summed E-state index contributed by atoms with van der Waals surface area (Å²) in [5, 5.41) is 22.7. The number of nitrogens with zero attached hydrogens (tertiary/aromatic N) is 2. The lowest BCUT2D eigenvalue weighted by atomic mass is 9.72. The summed E-state index contributed by atoms with van der Waals surface area (Å²) in [6, 6.07) is 6.85. The van der Waals surface area contributed by atoms with Crippen LogP contribution >= 0.6 is 11.3 Å². The topological polar surface area (TPSA) is 167 Å². The molecule has 0 bridgehead atoms. The molecule has 4 rings (SSSR count). The number of aliphatic hydroxyl groups excluding tert-OH is 1. The summed E-state index contributed by atoms with van der Waals surface area (Å²) in [4.78, 5) is 46.5. The standard InChI is InChI=1S/C36H55N5O7S2/c1-8-48-33(45)27-22-49-34(38-27)39-30(36(5,6)50(7,46)47)32(44)37-26(18-23-14-10-9-11-15-23)29(42)21-41-20-25-17-13-12-16-24(25)19-28(41)31(43)40-35(2,3)4/h9-11,14-15,22,24-26,28-30,42H,8,12-13,16-21H2,1-7H3,(H,37,44)(H,38,39)(H,40,43)/t24-,25+,26?,28?,29?,30+/m0/s1. The van der Waals surface area contributed by atoms with E-state index >= 15 is 0 Å². The molecule has 1 aliphatic carbocycles. The van der Waals surface area contributed by atoms with Crippen molar-refractivity contribution in [2.24, 2.45) is 11.8 Å². The third kappa shape index (κ3) is 10.3. The Kier molecular flexibility index (Phi) is 13.1. The van der Waals surface area contributed by atoms with E-state index in [2.05, 4.69) is 25.8 Å². The molecule has 3 unspecified atom stereocenters. The summed E-state index contributed by atoms with van der Waals surface area (Å²) in [5.74, 6) is -0.465. The summed E-state index contributed by atoms with van der Waals surface area (Å²) in [5.41, 5.74) is 0.493. The van der Waals surface area contributed by atoms with E-state index < -0.39 is 56.2 Å². The maximum absolute atomic E-state index is 14.3. The van der Waals surface area contributed by atoms with Crippen LogP contribution in [0.25, 0.3) is 0 Å². The van der Waals surface area contributed by atoms with Crippen LogP contribution in [0.5, 0.6) is 0 Å². The SMILES string of the molecule is CCOC(=O)c1csc(N[C@H](C(=O)NC(Cc2ccccc2)C(O)CN2C[C@H]3CCCC[C@H]3CC2C(=O)NC(C)(C)C)C(C)(C)S(C)(=O)=O)n1. The van der Waals surface area contributed by atoms with Gasteiger partial charge in [0.05, 0.1) is 29.5 Å². The van der Waals surface area contributed by atoms with Crippen LogP contribution in [0.15, 0.2) is 35.7 Å². The van der Waals surface area contributed by atoms with Gasteiger partial charge in [0.15, 0.2) is 20.7 Å². The Hall–Kier alpha value is -3.07. The normalized spacial score (nSPS) is 22.0. The lowest BCUT2D eigenvalue weighted by molar-refractivity contribution is -0.133. The molecule has 1 saturated heterocycles. The number of carbonyl (C=O) groups excluding carboxylic acids is 3. The number of likely N-dealkylation sites (tertiary alicyclic amines) is 1. The van der Waals surface area contributed by atoms with Gasteiger partial charge >= 0.3 is 5.97 Å². The number of amides is 2. The fourth-order valence-electron chi connectivity index (χ4n) is 6.94. The number of β-amino-alcohol motifs (C(OH)–C–C–N with tert-alkyl or cyclic N) is 1. The highest BCUT2D eigenvalue weighted by Crippen LogP contribution is 2.39. The Morgan fingerprint density at radius 1 is 1.08 bits per heavy atom. The van der Waals surface area contributed by atoms with Gasteiger partial charge in [-0.25, -0.2) is 18.2 Å². The fraction of sp³-hybridized carbons (Fsp3) is 0.667. The molecular formula is C36H55N5O7S2. The summed E-state index contributed by atoms with van der Waals surface area (Å²) in [6.07, 6.45) is 5.43. The van der Waals surface area contributed by atoms with Gasteiger partial charge in [0, 0.05) is 30.3 Å². The summed E-state index contributed by atoms with van der Waals surface area (Å²) in [7, 11) is -3.82. The van der Waals surface area contributed by atoms with Crippen molar-refractivity contribution in [1.82, 2.24) is 20.5 Å². The van der Waals surface area contributed by atoms with E-state index in [1.165, 1.54) is 19.2 Å². The second-order valence-corrected chi connectivity index (χ2v) is 18.8. The number of sulfone groups is 1. The van der Waals surface area contributed by atoms with Crippen LogP contribution in [0.3, 0.4) is 0 Å². The zero-order valence-electron chi connectivity index (χ0n) is 30.4. The van der Waals surface area contributed by atoms with Crippen LogP contribution in [0, 0.1) is 11.8 Å². The maximum Gasteiger partial charge on any atom is 0.357 e. The third-order valence-electron chi connectivity index (χ3n) is 9.98. The van der Waals surface area contributed by atoms with Crippen molar-refractivity contribution in [1.29, 1.82) is 0 Å². The lowest BCUT2D eigenvalue weighted by Crippen LogP contribution is -2.62. The van der Waals surface area contributed by atoms with Gasteiger partial charge in [-0.05, 0) is 78.2 Å². The second kappa shape index (κ2) is 16.5. The average molecular weight is 734 g/mol. The molecule has 14 heteroatoms. The van der Waals surface area contributed by atoms with Crippen molar-refractivity contribution >= 4 is 44.1 Å². The maximum atomic E-state index is 14.3. The van der Waals surface area contributed by atoms with Crippen molar-refractivity contribution in [2.75, 3.05) is 31.3 Å². The Balaban J connectivity index is 1.63. The van der Waals surface area contributed by atoms with E-state index in [0.29, 0.717) is 24.8 Å². The number of carbonyl (C=O) groups is 3. The molecule has 0 spiro atoms. The molecule has 6 atom stereocenters. The second-order valence-electron chi connectivity index (χ2n) is 15.3. The first-order chi connectivity index (χ1) is 23.4. The van der Waals surface area contributed by atoms with E-state index in [1.54, 1.807) is 6.92 Å². The van der Waals surface area contributed by atoms with Crippen molar-refractivity contribution in [3.63, 3.8) is 0 Å². The van der Waals surface area contributed by atoms with Gasteiger partial charge in [0.1, 0.15) is 6.04 Å². The summed E-state index contributed by atoms with van der Waals surface area (Å²) < 4.78 is 29.6. The molecule has 2 amide bonds. The van der Waals surface area contributed by atoms with Crippen LogP contribution in [0.2, 0.25) is 0 Å². The zero-order valence-corrected chi connectivity index (χ0v) is 32.0. The number of hydrogen-bond donors (Lipinski definition) is 4. The number of esters is 1. The molecule has 1 aromatic heterocycles. The molecule has 1 aromatic carbocycles. The molecule has 0 radical (unpaired) electrons. The number of nitrogens with one attached hydrogen (secondary N) is 3. The number of ether oxygens (including phenoxy) is 1. The molecule has 2 fully saturated rings. The average Bonchev–Trinajstić information content (AvgIpc) is 3.51. The molecule has 2 aromatic rings. The van der Waals surface area contributed by atoms with E-state index in [4.69, 9.17) is 4.74 Å². The van der Waals surface area contributed by atoms with Crippen molar-refractivity contribution in [2.45, 2.75) is 115 Å². The molecule has 1 saturated carbocycles. The minimum absolute atomic E-state index is 0.0415. The van der Waals surface area contributed by atoms with E-state index in [1.807, 2.05) is 51.1 Å². The molecule has 4 N–H and O–H groups in total. The number of piperidine rings is 1. The first kappa shape index (κ1) is 39.7. The van der Waals surface area contributed by atoms with Gasteiger partial charge in [-0.1, -0.05) is 49.6 Å². The predicted molar refractivity (Wildman–Crippen MR) is 196 cm³/mol. The minimum atomic E-state index is -3.82. The first-order valence-electron chi connectivity index (χ1n) is 17.6.